The smallest absolute Gasteiger partial charge is 0.0657 e. The maximum atomic E-state index is 5.28. The van der Waals surface area contributed by atoms with E-state index in [4.69, 9.17) is 9.47 Å². The number of nitrogens with one attached hydrogen (secondary N) is 1. The van der Waals surface area contributed by atoms with Crippen LogP contribution in [0.4, 0.5) is 0 Å². The Hall–Kier alpha value is -0.940. The summed E-state index contributed by atoms with van der Waals surface area (Å²) < 4.78 is 10.4. The van der Waals surface area contributed by atoms with Crippen LogP contribution in [-0.2, 0) is 9.47 Å². The number of benzene rings is 1. The molecule has 4 heteroatoms. The maximum Gasteiger partial charge on any atom is 0.0657 e. The van der Waals surface area contributed by atoms with Crippen molar-refractivity contribution in [2.75, 3.05) is 54.1 Å². The molecule has 0 aliphatic rings. The molecule has 0 amide bonds. The zero-order valence-electron chi connectivity index (χ0n) is 12.3. The lowest BCUT2D eigenvalue weighted by molar-refractivity contribution is 0.152. The van der Waals surface area contributed by atoms with Crippen molar-refractivity contribution in [2.24, 2.45) is 0 Å². The molecule has 108 valence electrons. The summed E-state index contributed by atoms with van der Waals surface area (Å²) in [6, 6.07) is 10.7. The predicted octanol–water partition coefficient (Wildman–Crippen LogP) is 1.54. The van der Waals surface area contributed by atoms with E-state index in [1.807, 2.05) is 6.07 Å². The van der Waals surface area contributed by atoms with Crippen molar-refractivity contribution in [1.82, 2.24) is 10.2 Å². The van der Waals surface area contributed by atoms with Gasteiger partial charge in [-0.25, -0.2) is 0 Å². The minimum Gasteiger partial charge on any atom is -0.383 e. The molecule has 0 saturated carbocycles. The van der Waals surface area contributed by atoms with Gasteiger partial charge in [0.15, 0.2) is 0 Å². The summed E-state index contributed by atoms with van der Waals surface area (Å²) in [5.41, 5.74) is 1.27. The fourth-order valence-electron chi connectivity index (χ4n) is 1.91. The molecule has 0 heterocycles. The second kappa shape index (κ2) is 9.92. The molecule has 1 unspecified atom stereocenters. The van der Waals surface area contributed by atoms with Gasteiger partial charge in [0.1, 0.15) is 0 Å². The van der Waals surface area contributed by atoms with E-state index in [9.17, 15) is 0 Å². The van der Waals surface area contributed by atoms with Crippen molar-refractivity contribution < 1.29 is 9.47 Å². The SMILES string of the molecule is COCCN(C)CCNC(COC)c1ccccc1. The number of nitrogens with zero attached hydrogens (tertiary/aromatic N) is 1. The summed E-state index contributed by atoms with van der Waals surface area (Å²) in [5, 5.41) is 3.54. The highest BCUT2D eigenvalue weighted by atomic mass is 16.5. The number of methoxy groups -OCH3 is 2. The Balaban J connectivity index is 2.34. The van der Waals surface area contributed by atoms with Crippen molar-refractivity contribution in [2.45, 2.75) is 6.04 Å². The second-order valence-corrected chi connectivity index (χ2v) is 4.67. The minimum atomic E-state index is 0.252. The molecule has 0 spiro atoms. The Morgan fingerprint density at radius 2 is 1.84 bits per heavy atom. The zero-order chi connectivity index (χ0) is 13.9. The van der Waals surface area contributed by atoms with Gasteiger partial charge >= 0.3 is 0 Å². The largest absolute Gasteiger partial charge is 0.383 e. The van der Waals surface area contributed by atoms with Gasteiger partial charge in [0.2, 0.25) is 0 Å². The van der Waals surface area contributed by atoms with E-state index in [1.54, 1.807) is 14.2 Å². The third kappa shape index (κ3) is 6.68. The summed E-state index contributed by atoms with van der Waals surface area (Å²) in [5.74, 6) is 0. The summed E-state index contributed by atoms with van der Waals surface area (Å²) in [6.45, 7) is 4.35. The van der Waals surface area contributed by atoms with Crippen LogP contribution in [0, 0.1) is 0 Å². The van der Waals surface area contributed by atoms with Gasteiger partial charge < -0.3 is 19.7 Å². The molecular weight excluding hydrogens is 240 g/mol. The Kier molecular flexibility index (Phi) is 8.41. The van der Waals surface area contributed by atoms with E-state index in [0.29, 0.717) is 6.61 Å². The van der Waals surface area contributed by atoms with E-state index in [1.165, 1.54) is 5.56 Å². The lowest BCUT2D eigenvalue weighted by atomic mass is 10.1. The number of likely N-dealkylation sites (N-methyl/N-ethyl adjacent to an activating group) is 1. The lowest BCUT2D eigenvalue weighted by Gasteiger charge is -2.21. The molecule has 0 aromatic heterocycles. The topological polar surface area (TPSA) is 33.7 Å². The quantitative estimate of drug-likeness (QED) is 0.696. The molecule has 0 radical (unpaired) electrons. The fourth-order valence-corrected chi connectivity index (χ4v) is 1.91. The van der Waals surface area contributed by atoms with E-state index in [0.717, 1.165) is 26.2 Å². The van der Waals surface area contributed by atoms with Crippen LogP contribution in [0.15, 0.2) is 30.3 Å². The third-order valence-corrected chi connectivity index (χ3v) is 3.10. The Bertz CT molecular complexity index is 319. The third-order valence-electron chi connectivity index (χ3n) is 3.10. The number of rotatable bonds is 10. The minimum absolute atomic E-state index is 0.252. The van der Waals surface area contributed by atoms with E-state index in [2.05, 4.69) is 41.5 Å². The average molecular weight is 266 g/mol. The zero-order valence-corrected chi connectivity index (χ0v) is 12.3. The summed E-state index contributed by atoms with van der Waals surface area (Å²) >= 11 is 0. The fraction of sp³-hybridized carbons (Fsp3) is 0.600. The number of ether oxygens (including phenoxy) is 2. The normalized spacial score (nSPS) is 12.8. The van der Waals surface area contributed by atoms with Crippen LogP contribution in [0.3, 0.4) is 0 Å². The molecule has 1 aromatic carbocycles. The second-order valence-electron chi connectivity index (χ2n) is 4.67. The van der Waals surface area contributed by atoms with E-state index >= 15 is 0 Å². The first-order chi connectivity index (χ1) is 9.27. The number of hydrogen-bond donors (Lipinski definition) is 1. The first kappa shape index (κ1) is 16.1. The monoisotopic (exact) mass is 266 g/mol. The molecular formula is C15H26N2O2. The highest BCUT2D eigenvalue weighted by molar-refractivity contribution is 5.18. The predicted molar refractivity (Wildman–Crippen MR) is 78.4 cm³/mol. The average Bonchev–Trinajstić information content (AvgIpc) is 2.45. The van der Waals surface area contributed by atoms with Crippen molar-refractivity contribution in [3.8, 4) is 0 Å². The van der Waals surface area contributed by atoms with Crippen molar-refractivity contribution in [3.05, 3.63) is 35.9 Å². The van der Waals surface area contributed by atoms with Crippen LogP contribution in [0.2, 0.25) is 0 Å². The van der Waals surface area contributed by atoms with Crippen molar-refractivity contribution in [3.63, 3.8) is 0 Å². The molecule has 0 bridgehead atoms. The van der Waals surface area contributed by atoms with Gasteiger partial charge in [-0.05, 0) is 12.6 Å². The van der Waals surface area contributed by atoms with E-state index in [-0.39, 0.29) is 6.04 Å². The molecule has 0 aliphatic carbocycles. The highest BCUT2D eigenvalue weighted by Crippen LogP contribution is 2.12. The summed E-state index contributed by atoms with van der Waals surface area (Å²) in [7, 11) is 5.58. The lowest BCUT2D eigenvalue weighted by Crippen LogP contribution is -2.34. The van der Waals surface area contributed by atoms with Gasteiger partial charge in [0, 0.05) is 33.9 Å². The molecule has 0 saturated heterocycles. The van der Waals surface area contributed by atoms with Gasteiger partial charge in [0.25, 0.3) is 0 Å². The van der Waals surface area contributed by atoms with Gasteiger partial charge in [-0.2, -0.15) is 0 Å². The van der Waals surface area contributed by atoms with Gasteiger partial charge in [-0.1, -0.05) is 30.3 Å². The molecule has 19 heavy (non-hydrogen) atoms. The maximum absolute atomic E-state index is 5.28. The van der Waals surface area contributed by atoms with Gasteiger partial charge in [-0.15, -0.1) is 0 Å². The van der Waals surface area contributed by atoms with Crippen LogP contribution in [0.1, 0.15) is 11.6 Å². The molecule has 1 N–H and O–H groups in total. The van der Waals surface area contributed by atoms with Crippen LogP contribution in [0.5, 0.6) is 0 Å². The summed E-state index contributed by atoms with van der Waals surface area (Å²) in [4.78, 5) is 2.26. The first-order valence-corrected chi connectivity index (χ1v) is 6.72. The molecule has 1 aromatic rings. The van der Waals surface area contributed by atoms with Gasteiger partial charge in [0.05, 0.1) is 19.3 Å². The standard InChI is InChI=1S/C15H26N2O2/c1-17(11-12-18-2)10-9-16-15(13-19-3)14-7-5-4-6-8-14/h4-8,15-16H,9-13H2,1-3H3. The van der Waals surface area contributed by atoms with Crippen LogP contribution in [-0.4, -0.2) is 59.0 Å². The molecule has 1 atom stereocenters. The van der Waals surface area contributed by atoms with Crippen LogP contribution >= 0.6 is 0 Å². The number of hydrogen-bond acceptors (Lipinski definition) is 4. The molecule has 0 aliphatic heterocycles. The molecule has 0 fully saturated rings. The Morgan fingerprint density at radius 1 is 1.11 bits per heavy atom. The van der Waals surface area contributed by atoms with Crippen molar-refractivity contribution in [1.29, 1.82) is 0 Å². The first-order valence-electron chi connectivity index (χ1n) is 6.72. The van der Waals surface area contributed by atoms with Crippen molar-refractivity contribution >= 4 is 0 Å². The highest BCUT2D eigenvalue weighted by Gasteiger charge is 2.10. The molecule has 1 rings (SSSR count). The van der Waals surface area contributed by atoms with Crippen LogP contribution < -0.4 is 5.32 Å². The Labute approximate surface area is 116 Å². The molecule has 4 nitrogen and oxygen atoms in total. The summed E-state index contributed by atoms with van der Waals surface area (Å²) in [6.07, 6.45) is 0. The van der Waals surface area contributed by atoms with Crippen LogP contribution in [0.25, 0.3) is 0 Å². The van der Waals surface area contributed by atoms with Gasteiger partial charge in [-0.3, -0.25) is 0 Å². The van der Waals surface area contributed by atoms with E-state index < -0.39 is 0 Å². The Morgan fingerprint density at radius 3 is 2.47 bits per heavy atom.